The molecular formula is C17H23N3OS. The first kappa shape index (κ1) is 16.5. The van der Waals surface area contributed by atoms with Crippen molar-refractivity contribution >= 4 is 17.4 Å². The Morgan fingerprint density at radius 3 is 2.68 bits per heavy atom. The molecular weight excluding hydrogens is 294 g/mol. The van der Waals surface area contributed by atoms with Gasteiger partial charge in [-0.3, -0.25) is 4.98 Å². The maximum atomic E-state index is 12.4. The summed E-state index contributed by atoms with van der Waals surface area (Å²) in [4.78, 5) is 21.0. The molecule has 2 heterocycles. The van der Waals surface area contributed by atoms with Gasteiger partial charge < -0.3 is 10.2 Å². The van der Waals surface area contributed by atoms with Gasteiger partial charge in [0.1, 0.15) is 0 Å². The number of hydrogen-bond acceptors (Lipinski definition) is 3. The number of pyridine rings is 1. The van der Waals surface area contributed by atoms with Crippen LogP contribution in [0.4, 0.5) is 4.79 Å². The minimum atomic E-state index is -0.0704. The first-order chi connectivity index (χ1) is 10.5. The normalized spacial score (nSPS) is 13.5. The van der Waals surface area contributed by atoms with Gasteiger partial charge in [-0.1, -0.05) is 6.07 Å². The molecule has 2 amide bonds. The average Bonchev–Trinajstić information content (AvgIpc) is 2.91. The number of thiophene rings is 1. The van der Waals surface area contributed by atoms with Crippen molar-refractivity contribution in [1.82, 2.24) is 15.2 Å². The highest BCUT2D eigenvalue weighted by molar-refractivity contribution is 7.11. The van der Waals surface area contributed by atoms with E-state index in [0.717, 1.165) is 12.1 Å². The van der Waals surface area contributed by atoms with E-state index in [0.29, 0.717) is 0 Å². The van der Waals surface area contributed by atoms with Crippen molar-refractivity contribution in [3.8, 4) is 0 Å². The summed E-state index contributed by atoms with van der Waals surface area (Å²) in [5, 5.41) is 3.05. The van der Waals surface area contributed by atoms with Crippen LogP contribution in [0.1, 0.15) is 35.3 Å². The summed E-state index contributed by atoms with van der Waals surface area (Å²) in [6.07, 6.45) is 2.61. The van der Waals surface area contributed by atoms with Crippen LogP contribution in [0.25, 0.3) is 0 Å². The fraction of sp³-hybridized carbons (Fsp3) is 0.412. The van der Waals surface area contributed by atoms with Crippen LogP contribution in [0.5, 0.6) is 0 Å². The van der Waals surface area contributed by atoms with Crippen molar-refractivity contribution in [3.05, 3.63) is 52.0 Å². The summed E-state index contributed by atoms with van der Waals surface area (Å²) in [6, 6.07) is 9.97. The summed E-state index contributed by atoms with van der Waals surface area (Å²) in [5.74, 6) is 0. The first-order valence-corrected chi connectivity index (χ1v) is 8.28. The number of aryl methyl sites for hydroxylation is 1. The van der Waals surface area contributed by atoms with E-state index in [1.54, 1.807) is 29.5 Å². The number of rotatable bonds is 5. The zero-order chi connectivity index (χ0) is 16.1. The zero-order valence-electron chi connectivity index (χ0n) is 13.5. The molecule has 0 saturated carbocycles. The third kappa shape index (κ3) is 4.31. The summed E-state index contributed by atoms with van der Waals surface area (Å²) in [5.41, 5.74) is 0.890. The van der Waals surface area contributed by atoms with E-state index in [1.165, 1.54) is 9.75 Å². The van der Waals surface area contributed by atoms with Gasteiger partial charge in [-0.15, -0.1) is 11.3 Å². The highest BCUT2D eigenvalue weighted by Crippen LogP contribution is 2.18. The Morgan fingerprint density at radius 2 is 2.09 bits per heavy atom. The Morgan fingerprint density at radius 1 is 1.32 bits per heavy atom. The Hall–Kier alpha value is -1.88. The van der Waals surface area contributed by atoms with Crippen molar-refractivity contribution in [2.24, 2.45) is 0 Å². The molecule has 0 bridgehead atoms. The van der Waals surface area contributed by atoms with Gasteiger partial charge in [0.15, 0.2) is 0 Å². The largest absolute Gasteiger partial charge is 0.335 e. The average molecular weight is 317 g/mol. The van der Waals surface area contributed by atoms with Gasteiger partial charge in [-0.25, -0.2) is 4.79 Å². The van der Waals surface area contributed by atoms with Gasteiger partial charge in [0.25, 0.3) is 0 Å². The van der Waals surface area contributed by atoms with E-state index in [-0.39, 0.29) is 18.1 Å². The maximum Gasteiger partial charge on any atom is 0.317 e. The summed E-state index contributed by atoms with van der Waals surface area (Å²) >= 11 is 1.78. The van der Waals surface area contributed by atoms with Crippen LogP contribution in [0, 0.1) is 6.92 Å². The highest BCUT2D eigenvalue weighted by Gasteiger charge is 2.19. The van der Waals surface area contributed by atoms with E-state index >= 15 is 0 Å². The number of hydrogen-bond donors (Lipinski definition) is 1. The van der Waals surface area contributed by atoms with Crippen LogP contribution in [-0.4, -0.2) is 29.0 Å². The van der Waals surface area contributed by atoms with Crippen molar-refractivity contribution in [2.45, 2.75) is 39.3 Å². The Balaban J connectivity index is 1.90. The molecule has 0 fully saturated rings. The Bertz CT molecular complexity index is 611. The molecule has 1 N–H and O–H groups in total. The van der Waals surface area contributed by atoms with Gasteiger partial charge >= 0.3 is 6.03 Å². The number of amides is 2. The highest BCUT2D eigenvalue weighted by atomic mass is 32.1. The maximum absolute atomic E-state index is 12.4. The molecule has 2 atom stereocenters. The van der Waals surface area contributed by atoms with E-state index in [4.69, 9.17) is 0 Å². The second-order valence-electron chi connectivity index (χ2n) is 5.61. The predicted molar refractivity (Wildman–Crippen MR) is 91.2 cm³/mol. The molecule has 0 unspecified atom stereocenters. The van der Waals surface area contributed by atoms with Gasteiger partial charge in [-0.05, 0) is 45.0 Å². The van der Waals surface area contributed by atoms with E-state index in [1.807, 2.05) is 32.0 Å². The summed E-state index contributed by atoms with van der Waals surface area (Å²) in [7, 11) is 1.80. The lowest BCUT2D eigenvalue weighted by Crippen LogP contribution is -2.43. The van der Waals surface area contributed by atoms with Gasteiger partial charge in [-0.2, -0.15) is 0 Å². The Kier molecular flexibility index (Phi) is 5.55. The number of carbonyl (C=O) groups is 1. The molecule has 0 spiro atoms. The fourth-order valence-electron chi connectivity index (χ4n) is 2.26. The standard InChI is InChI=1S/C17H23N3OS/c1-12(11-15-9-8-13(2)22-15)19-17(21)20(4)14(3)16-7-5-6-10-18-16/h5-10,12,14H,11H2,1-4H3,(H,19,21)/t12-,14+/m0/s1. The number of carbonyl (C=O) groups excluding carboxylic acids is 1. The van der Waals surface area contributed by atoms with Crippen LogP contribution in [0.3, 0.4) is 0 Å². The van der Waals surface area contributed by atoms with Gasteiger partial charge in [0.2, 0.25) is 0 Å². The minimum absolute atomic E-state index is 0.0580. The second-order valence-corrected chi connectivity index (χ2v) is 6.98. The minimum Gasteiger partial charge on any atom is -0.335 e. The molecule has 4 nitrogen and oxygen atoms in total. The lowest BCUT2D eigenvalue weighted by atomic mass is 10.2. The van der Waals surface area contributed by atoms with Gasteiger partial charge in [0, 0.05) is 35.5 Å². The first-order valence-electron chi connectivity index (χ1n) is 7.47. The quantitative estimate of drug-likeness (QED) is 0.912. The molecule has 0 saturated heterocycles. The number of urea groups is 1. The summed E-state index contributed by atoms with van der Waals surface area (Å²) < 4.78 is 0. The second kappa shape index (κ2) is 7.40. The molecule has 0 aromatic carbocycles. The molecule has 0 aliphatic heterocycles. The molecule has 118 valence electrons. The molecule has 5 heteroatoms. The molecule has 0 radical (unpaired) electrons. The lowest BCUT2D eigenvalue weighted by Gasteiger charge is -2.26. The Labute approximate surface area is 136 Å². The monoisotopic (exact) mass is 317 g/mol. The predicted octanol–water partition coefficient (Wildman–Crippen LogP) is 3.79. The molecule has 2 rings (SSSR count). The number of nitrogens with zero attached hydrogens (tertiary/aromatic N) is 2. The molecule has 22 heavy (non-hydrogen) atoms. The number of nitrogens with one attached hydrogen (secondary N) is 1. The third-order valence-electron chi connectivity index (χ3n) is 3.69. The smallest absolute Gasteiger partial charge is 0.317 e. The lowest BCUT2D eigenvalue weighted by molar-refractivity contribution is 0.190. The summed E-state index contributed by atoms with van der Waals surface area (Å²) in [6.45, 7) is 6.11. The molecule has 0 aliphatic rings. The van der Waals surface area contributed by atoms with Crippen molar-refractivity contribution < 1.29 is 4.79 Å². The SMILES string of the molecule is Cc1ccc(C[C@H](C)NC(=O)N(C)[C@H](C)c2ccccn2)s1. The van der Waals surface area contributed by atoms with Crippen LogP contribution in [0.15, 0.2) is 36.5 Å². The zero-order valence-corrected chi connectivity index (χ0v) is 14.4. The third-order valence-corrected chi connectivity index (χ3v) is 4.71. The fourth-order valence-corrected chi connectivity index (χ4v) is 3.28. The number of aromatic nitrogens is 1. The van der Waals surface area contributed by atoms with E-state index in [9.17, 15) is 4.79 Å². The van der Waals surface area contributed by atoms with Crippen molar-refractivity contribution in [1.29, 1.82) is 0 Å². The van der Waals surface area contributed by atoms with Crippen LogP contribution in [0.2, 0.25) is 0 Å². The van der Waals surface area contributed by atoms with Gasteiger partial charge in [0.05, 0.1) is 11.7 Å². The van der Waals surface area contributed by atoms with Crippen molar-refractivity contribution in [2.75, 3.05) is 7.05 Å². The van der Waals surface area contributed by atoms with Crippen molar-refractivity contribution in [3.63, 3.8) is 0 Å². The van der Waals surface area contributed by atoms with Crippen LogP contribution in [-0.2, 0) is 6.42 Å². The molecule has 2 aromatic rings. The van der Waals surface area contributed by atoms with Crippen LogP contribution < -0.4 is 5.32 Å². The van der Waals surface area contributed by atoms with E-state index < -0.39 is 0 Å². The van der Waals surface area contributed by atoms with Crippen LogP contribution >= 0.6 is 11.3 Å². The topological polar surface area (TPSA) is 45.2 Å². The van der Waals surface area contributed by atoms with E-state index in [2.05, 4.69) is 29.4 Å². The molecule has 0 aliphatic carbocycles. The molecule has 2 aromatic heterocycles.